The zero-order valence-electron chi connectivity index (χ0n) is 20.2. The first kappa shape index (κ1) is 24.4. The third-order valence-corrected chi connectivity index (χ3v) is 5.83. The minimum absolute atomic E-state index is 0.0385. The molecule has 0 aliphatic carbocycles. The van der Waals surface area contributed by atoms with Crippen LogP contribution in [0.2, 0.25) is 0 Å². The highest BCUT2D eigenvalue weighted by molar-refractivity contribution is 5.95. The van der Waals surface area contributed by atoms with Gasteiger partial charge < -0.3 is 14.2 Å². The average Bonchev–Trinajstić information content (AvgIpc) is 2.95. The number of rotatable bonds is 8. The number of methoxy groups -OCH3 is 1. The number of hydrogen-bond donors (Lipinski definition) is 1. The number of hydrogen-bond acceptors (Lipinski definition) is 8. The SMILES string of the molecule is COc1ccc(Oc2ccc(N=O)cc2C(=O)Oc2cccc(Cc3n[nH]c(=O)c4ccccc34)c2)cc1. The molecule has 0 saturated carbocycles. The lowest BCUT2D eigenvalue weighted by Crippen LogP contribution is -2.11. The number of carbonyl (C=O) groups is 1. The second-order valence-corrected chi connectivity index (χ2v) is 8.31. The lowest BCUT2D eigenvalue weighted by Gasteiger charge is -2.12. The molecule has 0 fully saturated rings. The molecule has 0 spiro atoms. The Morgan fingerprint density at radius 2 is 1.63 bits per heavy atom. The van der Waals surface area contributed by atoms with Gasteiger partial charge in [-0.1, -0.05) is 30.3 Å². The fourth-order valence-corrected chi connectivity index (χ4v) is 3.97. The summed E-state index contributed by atoms with van der Waals surface area (Å²) < 4.78 is 16.7. The van der Waals surface area contributed by atoms with Gasteiger partial charge in [-0.15, -0.1) is 4.91 Å². The van der Waals surface area contributed by atoms with Crippen molar-refractivity contribution < 1.29 is 19.0 Å². The minimum atomic E-state index is -0.719. The van der Waals surface area contributed by atoms with Gasteiger partial charge in [0.15, 0.2) is 0 Å². The molecule has 1 N–H and O–H groups in total. The second kappa shape index (κ2) is 10.8. The monoisotopic (exact) mass is 507 g/mol. The van der Waals surface area contributed by atoms with Crippen molar-refractivity contribution in [1.82, 2.24) is 10.2 Å². The van der Waals surface area contributed by atoms with Crippen molar-refractivity contribution in [3.05, 3.63) is 123 Å². The maximum absolute atomic E-state index is 13.2. The van der Waals surface area contributed by atoms with Crippen LogP contribution in [0.25, 0.3) is 10.8 Å². The lowest BCUT2D eigenvalue weighted by molar-refractivity contribution is 0.0732. The molecule has 38 heavy (non-hydrogen) atoms. The summed E-state index contributed by atoms with van der Waals surface area (Å²) in [7, 11) is 1.56. The van der Waals surface area contributed by atoms with E-state index in [1.807, 2.05) is 18.2 Å². The quantitative estimate of drug-likeness (QED) is 0.157. The molecule has 0 unspecified atom stereocenters. The van der Waals surface area contributed by atoms with Gasteiger partial charge >= 0.3 is 5.97 Å². The first-order valence-corrected chi connectivity index (χ1v) is 11.6. The number of ether oxygens (including phenoxy) is 3. The summed E-state index contributed by atoms with van der Waals surface area (Å²) >= 11 is 0. The van der Waals surface area contributed by atoms with Crippen LogP contribution in [0.5, 0.6) is 23.0 Å². The molecular formula is C29H21N3O6. The highest BCUT2D eigenvalue weighted by atomic mass is 16.5. The number of esters is 1. The van der Waals surface area contributed by atoms with E-state index in [1.165, 1.54) is 18.2 Å². The molecule has 4 aromatic carbocycles. The fourth-order valence-electron chi connectivity index (χ4n) is 3.97. The molecule has 5 rings (SSSR count). The van der Waals surface area contributed by atoms with E-state index in [1.54, 1.807) is 61.7 Å². The molecule has 0 radical (unpaired) electrons. The third-order valence-electron chi connectivity index (χ3n) is 5.83. The molecule has 9 heteroatoms. The smallest absolute Gasteiger partial charge is 0.347 e. The molecule has 1 heterocycles. The Bertz CT molecular complexity index is 1700. The summed E-state index contributed by atoms with van der Waals surface area (Å²) in [5.74, 6) is 0.897. The van der Waals surface area contributed by atoms with E-state index in [-0.39, 0.29) is 22.6 Å². The number of nitrogens with zero attached hydrogens (tertiary/aromatic N) is 2. The van der Waals surface area contributed by atoms with Gasteiger partial charge in [-0.25, -0.2) is 9.89 Å². The van der Waals surface area contributed by atoms with Gasteiger partial charge in [-0.3, -0.25) is 4.79 Å². The predicted octanol–water partition coefficient (Wildman–Crippen LogP) is 5.93. The van der Waals surface area contributed by atoms with Gasteiger partial charge in [-0.05, 0) is 71.4 Å². The number of nitroso groups, excluding NO2 is 1. The van der Waals surface area contributed by atoms with Crippen LogP contribution in [0.1, 0.15) is 21.6 Å². The van der Waals surface area contributed by atoms with Crippen molar-refractivity contribution in [3.8, 4) is 23.0 Å². The van der Waals surface area contributed by atoms with Gasteiger partial charge in [0.25, 0.3) is 5.56 Å². The zero-order valence-corrected chi connectivity index (χ0v) is 20.2. The van der Waals surface area contributed by atoms with Crippen LogP contribution in [-0.4, -0.2) is 23.3 Å². The highest BCUT2D eigenvalue weighted by Crippen LogP contribution is 2.31. The van der Waals surface area contributed by atoms with Crippen molar-refractivity contribution in [1.29, 1.82) is 0 Å². The van der Waals surface area contributed by atoms with Crippen molar-refractivity contribution in [2.75, 3.05) is 7.11 Å². The van der Waals surface area contributed by atoms with Gasteiger partial charge in [-0.2, -0.15) is 5.10 Å². The Hall–Kier alpha value is -5.31. The predicted molar refractivity (Wildman–Crippen MR) is 142 cm³/mol. The maximum atomic E-state index is 13.2. The first-order valence-electron chi connectivity index (χ1n) is 11.6. The number of benzene rings is 4. The van der Waals surface area contributed by atoms with E-state index in [9.17, 15) is 14.5 Å². The molecule has 0 atom stereocenters. The van der Waals surface area contributed by atoms with Crippen LogP contribution in [0, 0.1) is 4.91 Å². The molecule has 9 nitrogen and oxygen atoms in total. The maximum Gasteiger partial charge on any atom is 0.347 e. The Morgan fingerprint density at radius 1 is 0.868 bits per heavy atom. The van der Waals surface area contributed by atoms with E-state index in [0.29, 0.717) is 34.7 Å². The molecule has 0 aliphatic heterocycles. The van der Waals surface area contributed by atoms with Crippen LogP contribution in [0.4, 0.5) is 5.69 Å². The van der Waals surface area contributed by atoms with Crippen LogP contribution in [-0.2, 0) is 6.42 Å². The summed E-state index contributed by atoms with van der Waals surface area (Å²) in [6, 6.07) is 25.3. The van der Waals surface area contributed by atoms with E-state index in [2.05, 4.69) is 15.4 Å². The van der Waals surface area contributed by atoms with Crippen molar-refractivity contribution in [3.63, 3.8) is 0 Å². The largest absolute Gasteiger partial charge is 0.497 e. The average molecular weight is 508 g/mol. The number of fused-ring (bicyclic) bond motifs is 1. The fraction of sp³-hybridized carbons (Fsp3) is 0.0690. The highest BCUT2D eigenvalue weighted by Gasteiger charge is 2.18. The summed E-state index contributed by atoms with van der Waals surface area (Å²) in [6.07, 6.45) is 0.402. The Kier molecular flexibility index (Phi) is 6.90. The summed E-state index contributed by atoms with van der Waals surface area (Å²) in [4.78, 5) is 36.4. The van der Waals surface area contributed by atoms with Crippen LogP contribution in [0.15, 0.2) is 101 Å². The number of aromatic nitrogens is 2. The van der Waals surface area contributed by atoms with Gasteiger partial charge in [0, 0.05) is 11.8 Å². The molecule has 188 valence electrons. The minimum Gasteiger partial charge on any atom is -0.497 e. The molecule has 0 aliphatic rings. The van der Waals surface area contributed by atoms with E-state index < -0.39 is 5.97 Å². The number of nitrogens with one attached hydrogen (secondary N) is 1. The van der Waals surface area contributed by atoms with E-state index >= 15 is 0 Å². The standard InChI is InChI=1S/C29H21N3O6/c1-36-20-10-12-21(13-11-20)37-27-14-9-19(32-35)17-25(27)29(34)38-22-6-4-5-18(15-22)16-26-23-7-2-3-8-24(23)28(33)31-30-26/h2-15,17H,16H2,1H3,(H,31,33). The molecule has 0 amide bonds. The summed E-state index contributed by atoms with van der Waals surface area (Å²) in [5, 5.41) is 11.0. The van der Waals surface area contributed by atoms with Gasteiger partial charge in [0.05, 0.1) is 18.2 Å². The molecule has 1 aromatic heterocycles. The first-order chi connectivity index (χ1) is 18.5. The van der Waals surface area contributed by atoms with Crippen LogP contribution in [0.3, 0.4) is 0 Å². The molecule has 0 saturated heterocycles. The third kappa shape index (κ3) is 5.26. The molecular weight excluding hydrogens is 486 g/mol. The van der Waals surface area contributed by atoms with Crippen molar-refractivity contribution in [2.24, 2.45) is 5.18 Å². The Labute approximate surface area is 216 Å². The lowest BCUT2D eigenvalue weighted by atomic mass is 10.0. The van der Waals surface area contributed by atoms with E-state index in [0.717, 1.165) is 10.9 Å². The topological polar surface area (TPSA) is 120 Å². The van der Waals surface area contributed by atoms with Crippen LogP contribution >= 0.6 is 0 Å². The van der Waals surface area contributed by atoms with E-state index in [4.69, 9.17) is 14.2 Å². The number of carbonyl (C=O) groups excluding carboxylic acids is 1. The molecule has 5 aromatic rings. The second-order valence-electron chi connectivity index (χ2n) is 8.31. The van der Waals surface area contributed by atoms with Gasteiger partial charge in [0.1, 0.15) is 34.2 Å². The van der Waals surface area contributed by atoms with Crippen molar-refractivity contribution >= 4 is 22.4 Å². The molecule has 0 bridgehead atoms. The normalized spacial score (nSPS) is 10.7. The number of H-pyrrole nitrogens is 1. The zero-order chi connectivity index (χ0) is 26.5. The Balaban J connectivity index is 1.39. The number of aromatic amines is 1. The van der Waals surface area contributed by atoms with Crippen LogP contribution < -0.4 is 19.8 Å². The van der Waals surface area contributed by atoms with Crippen molar-refractivity contribution in [2.45, 2.75) is 6.42 Å². The summed E-state index contributed by atoms with van der Waals surface area (Å²) in [5.41, 5.74) is 1.34. The Morgan fingerprint density at radius 3 is 2.39 bits per heavy atom. The summed E-state index contributed by atoms with van der Waals surface area (Å²) in [6.45, 7) is 0. The van der Waals surface area contributed by atoms with Gasteiger partial charge in [0.2, 0.25) is 0 Å².